The van der Waals surface area contributed by atoms with E-state index in [0.29, 0.717) is 6.54 Å². The summed E-state index contributed by atoms with van der Waals surface area (Å²) in [6.07, 6.45) is 5.73. The number of hydrogen-bond acceptors (Lipinski definition) is 3. The van der Waals surface area contributed by atoms with Crippen LogP contribution in [0.25, 0.3) is 0 Å². The van der Waals surface area contributed by atoms with Crippen LogP contribution in [0.15, 0.2) is 48.8 Å². The molecule has 2 aromatic rings. The number of amides is 1. The predicted octanol–water partition coefficient (Wildman–Crippen LogP) is 1.19. The molecule has 0 radical (unpaired) electrons. The minimum absolute atomic E-state index is 0.188. The first-order chi connectivity index (χ1) is 13.2. The van der Waals surface area contributed by atoms with Crippen molar-refractivity contribution >= 4 is 11.6 Å². The van der Waals surface area contributed by atoms with Gasteiger partial charge in [-0.05, 0) is 49.2 Å². The van der Waals surface area contributed by atoms with E-state index in [1.54, 1.807) is 6.20 Å². The van der Waals surface area contributed by atoms with Gasteiger partial charge in [0.25, 0.3) is 0 Å². The number of anilines is 1. The van der Waals surface area contributed by atoms with E-state index in [1.165, 1.54) is 22.6 Å². The number of quaternary nitrogens is 1. The summed E-state index contributed by atoms with van der Waals surface area (Å²) in [4.78, 5) is 20.1. The first kappa shape index (κ1) is 17.9. The van der Waals surface area contributed by atoms with Crippen molar-refractivity contribution in [2.75, 3.05) is 37.6 Å². The molecule has 1 aliphatic heterocycles. The molecule has 1 saturated heterocycles. The van der Waals surface area contributed by atoms with Crippen LogP contribution in [-0.4, -0.2) is 43.6 Å². The number of carbonyl (C=O) groups excluding carboxylic acids is 1. The van der Waals surface area contributed by atoms with E-state index >= 15 is 0 Å². The Bertz CT molecular complexity index is 756. The summed E-state index contributed by atoms with van der Waals surface area (Å²) in [7, 11) is 0. The third-order valence-electron chi connectivity index (χ3n) is 5.61. The molecule has 1 atom stereocenters. The van der Waals surface area contributed by atoms with Gasteiger partial charge in [-0.25, -0.2) is 4.39 Å². The molecule has 5 nitrogen and oxygen atoms in total. The molecule has 2 N–H and O–H groups in total. The molecule has 1 saturated carbocycles. The van der Waals surface area contributed by atoms with Crippen LogP contribution in [0.4, 0.5) is 10.1 Å². The second-order valence-electron chi connectivity index (χ2n) is 7.48. The number of hydrogen-bond donors (Lipinski definition) is 2. The topological polar surface area (TPSA) is 49.7 Å². The number of piperazine rings is 1. The molecule has 2 aliphatic rings. The average Bonchev–Trinajstić information content (AvgIpc) is 3.55. The molecule has 142 valence electrons. The van der Waals surface area contributed by atoms with Crippen molar-refractivity contribution in [1.82, 2.24) is 10.3 Å². The van der Waals surface area contributed by atoms with Gasteiger partial charge in [-0.1, -0.05) is 0 Å². The fraction of sp³-hybridized carbons (Fsp3) is 0.429. The van der Waals surface area contributed by atoms with Gasteiger partial charge in [0, 0.05) is 29.6 Å². The van der Waals surface area contributed by atoms with Crippen LogP contribution in [0.5, 0.6) is 0 Å². The Kier molecular flexibility index (Phi) is 5.34. The predicted molar refractivity (Wildman–Crippen MR) is 102 cm³/mol. The van der Waals surface area contributed by atoms with Crippen LogP contribution in [0.1, 0.15) is 24.4 Å². The van der Waals surface area contributed by atoms with Crippen LogP contribution >= 0.6 is 0 Å². The Balaban J connectivity index is 1.41. The molecule has 4 rings (SSSR count). The fourth-order valence-electron chi connectivity index (χ4n) is 3.83. The number of aromatic nitrogens is 1. The molecule has 27 heavy (non-hydrogen) atoms. The Morgan fingerprint density at radius 2 is 1.96 bits per heavy atom. The van der Waals surface area contributed by atoms with Crippen molar-refractivity contribution < 1.29 is 14.1 Å². The van der Waals surface area contributed by atoms with E-state index < -0.39 is 0 Å². The number of nitrogens with zero attached hydrogens (tertiary/aromatic N) is 2. The summed E-state index contributed by atoms with van der Waals surface area (Å²) in [5.41, 5.74) is 2.23. The molecular weight excluding hydrogens is 343 g/mol. The quantitative estimate of drug-likeness (QED) is 0.804. The monoisotopic (exact) mass is 369 g/mol. The normalized spacial score (nSPS) is 18.9. The van der Waals surface area contributed by atoms with E-state index in [-0.39, 0.29) is 23.7 Å². The highest BCUT2D eigenvalue weighted by atomic mass is 19.1. The van der Waals surface area contributed by atoms with Crippen molar-refractivity contribution in [2.24, 2.45) is 5.92 Å². The summed E-state index contributed by atoms with van der Waals surface area (Å²) in [6.45, 7) is 4.40. The molecule has 1 amide bonds. The van der Waals surface area contributed by atoms with Gasteiger partial charge < -0.3 is 15.1 Å². The van der Waals surface area contributed by atoms with Crippen LogP contribution < -0.4 is 15.1 Å². The summed E-state index contributed by atoms with van der Waals surface area (Å²) in [6, 6.07) is 11.0. The van der Waals surface area contributed by atoms with Crippen molar-refractivity contribution in [2.45, 2.75) is 18.9 Å². The Morgan fingerprint density at radius 3 is 2.59 bits per heavy atom. The summed E-state index contributed by atoms with van der Waals surface area (Å²) in [5.74, 6) is 0.212. The number of halogens is 1. The Labute approximate surface area is 159 Å². The number of nitrogens with one attached hydrogen (secondary N) is 2. The molecule has 6 heteroatoms. The van der Waals surface area contributed by atoms with Crippen molar-refractivity contribution in [3.63, 3.8) is 0 Å². The van der Waals surface area contributed by atoms with E-state index in [0.717, 1.165) is 44.7 Å². The molecule has 0 bridgehead atoms. The zero-order valence-electron chi connectivity index (χ0n) is 15.4. The number of rotatable bonds is 6. The van der Waals surface area contributed by atoms with Crippen LogP contribution in [0, 0.1) is 11.7 Å². The largest absolute Gasteiger partial charge is 0.360 e. The highest BCUT2D eigenvalue weighted by Crippen LogP contribution is 2.28. The number of benzene rings is 1. The second kappa shape index (κ2) is 8.05. The van der Waals surface area contributed by atoms with E-state index in [2.05, 4.69) is 21.3 Å². The summed E-state index contributed by atoms with van der Waals surface area (Å²) in [5, 5.41) is 3.15. The first-order valence-corrected chi connectivity index (χ1v) is 9.73. The van der Waals surface area contributed by atoms with E-state index in [4.69, 9.17) is 0 Å². The second-order valence-corrected chi connectivity index (χ2v) is 7.48. The minimum atomic E-state index is -0.203. The van der Waals surface area contributed by atoms with Crippen molar-refractivity contribution in [3.8, 4) is 0 Å². The molecule has 0 spiro atoms. The minimum Gasteiger partial charge on any atom is -0.360 e. The molecule has 2 heterocycles. The zero-order chi connectivity index (χ0) is 18.6. The van der Waals surface area contributed by atoms with Crippen LogP contribution in [0.3, 0.4) is 0 Å². The van der Waals surface area contributed by atoms with Gasteiger partial charge in [-0.15, -0.1) is 0 Å². The fourth-order valence-corrected chi connectivity index (χ4v) is 3.83. The Hall–Kier alpha value is -2.47. The van der Waals surface area contributed by atoms with Gasteiger partial charge in [0.2, 0.25) is 5.91 Å². The van der Waals surface area contributed by atoms with Gasteiger partial charge in [0.05, 0.1) is 32.7 Å². The third kappa shape index (κ3) is 4.45. The maximum atomic E-state index is 13.2. The highest BCUT2D eigenvalue weighted by Gasteiger charge is 2.33. The molecule has 1 aromatic carbocycles. The zero-order valence-corrected chi connectivity index (χ0v) is 15.4. The van der Waals surface area contributed by atoms with Gasteiger partial charge >= 0.3 is 0 Å². The molecular formula is C21H26FN4O+. The molecule has 1 unspecified atom stereocenters. The summed E-state index contributed by atoms with van der Waals surface area (Å²) >= 11 is 0. The van der Waals surface area contributed by atoms with Gasteiger partial charge in [-0.2, -0.15) is 0 Å². The van der Waals surface area contributed by atoms with Gasteiger partial charge in [0.15, 0.2) is 0 Å². The smallest absolute Gasteiger partial charge is 0.223 e. The molecule has 2 fully saturated rings. The van der Waals surface area contributed by atoms with Gasteiger partial charge in [-0.3, -0.25) is 9.78 Å². The number of carbonyl (C=O) groups is 1. The molecule has 1 aromatic heterocycles. The maximum Gasteiger partial charge on any atom is 0.223 e. The lowest BCUT2D eigenvalue weighted by Gasteiger charge is -2.37. The maximum absolute atomic E-state index is 13.2. The SMILES string of the molecule is O=C(NCC(c1cccnc1)[NH+]1CCN(c2ccc(F)cc2)CC1)C1CC1. The Morgan fingerprint density at radius 1 is 1.22 bits per heavy atom. The summed E-state index contributed by atoms with van der Waals surface area (Å²) < 4.78 is 13.2. The lowest BCUT2D eigenvalue weighted by molar-refractivity contribution is -0.931. The van der Waals surface area contributed by atoms with E-state index in [9.17, 15) is 9.18 Å². The lowest BCUT2D eigenvalue weighted by Crippen LogP contribution is -3.15. The van der Waals surface area contributed by atoms with Crippen LogP contribution in [-0.2, 0) is 4.79 Å². The highest BCUT2D eigenvalue weighted by molar-refractivity contribution is 5.80. The average molecular weight is 369 g/mol. The van der Waals surface area contributed by atoms with Crippen molar-refractivity contribution in [3.05, 3.63) is 60.2 Å². The number of pyridine rings is 1. The lowest BCUT2D eigenvalue weighted by atomic mass is 10.1. The van der Waals surface area contributed by atoms with Crippen molar-refractivity contribution in [1.29, 1.82) is 0 Å². The first-order valence-electron chi connectivity index (χ1n) is 9.73. The molecule has 1 aliphatic carbocycles. The van der Waals surface area contributed by atoms with Gasteiger partial charge in [0.1, 0.15) is 11.9 Å². The van der Waals surface area contributed by atoms with E-state index in [1.807, 2.05) is 24.4 Å². The van der Waals surface area contributed by atoms with Crippen LogP contribution in [0.2, 0.25) is 0 Å². The standard InChI is InChI=1S/C21H25FN4O/c22-18-5-7-19(8-6-18)25-10-12-26(13-11-25)20(17-2-1-9-23-14-17)15-24-21(27)16-3-4-16/h1-2,5-9,14,16,20H,3-4,10-13,15H2,(H,24,27)/p+1. The third-order valence-corrected chi connectivity index (χ3v) is 5.61.